The number of likely N-dealkylation sites (tertiary alicyclic amines) is 1. The van der Waals surface area contributed by atoms with Crippen molar-refractivity contribution >= 4 is 16.9 Å². The number of aromatic amines is 1. The maximum absolute atomic E-state index is 11.3. The average molecular weight is 435 g/mol. The second-order valence-electron chi connectivity index (χ2n) is 9.31. The molecule has 2 fully saturated rings. The number of ether oxygens (including phenoxy) is 1. The average Bonchev–Trinajstić information content (AvgIpc) is 3.31. The van der Waals surface area contributed by atoms with Gasteiger partial charge < -0.3 is 19.9 Å². The van der Waals surface area contributed by atoms with Crippen molar-refractivity contribution in [1.29, 1.82) is 0 Å². The van der Waals surface area contributed by atoms with E-state index in [2.05, 4.69) is 28.9 Å². The summed E-state index contributed by atoms with van der Waals surface area (Å²) in [6.07, 6.45) is 4.77. The minimum Gasteiger partial charge on any atom is -0.496 e. The molecular weight excluding hydrogens is 404 g/mol. The molecule has 6 nitrogen and oxygen atoms in total. The molecule has 0 bridgehead atoms. The summed E-state index contributed by atoms with van der Waals surface area (Å²) in [5.41, 5.74) is 4.91. The molecule has 3 aromatic rings. The Hall–Kier alpha value is -2.83. The molecule has 2 aliphatic rings. The molecule has 1 saturated carbocycles. The molecule has 5 rings (SSSR count). The van der Waals surface area contributed by atoms with E-state index in [0.717, 1.165) is 54.7 Å². The summed E-state index contributed by atoms with van der Waals surface area (Å²) in [6.45, 7) is 3.77. The molecule has 0 radical (unpaired) electrons. The van der Waals surface area contributed by atoms with E-state index in [1.165, 1.54) is 10.9 Å². The quantitative estimate of drug-likeness (QED) is 0.531. The summed E-state index contributed by atoms with van der Waals surface area (Å²) in [7, 11) is 1.72. The zero-order valence-electron chi connectivity index (χ0n) is 18.5. The highest BCUT2D eigenvalue weighted by atomic mass is 16.5. The Morgan fingerprint density at radius 1 is 1.22 bits per heavy atom. The fraction of sp³-hybridized carbons (Fsp3) is 0.423. The van der Waals surface area contributed by atoms with Gasteiger partial charge in [0, 0.05) is 35.2 Å². The summed E-state index contributed by atoms with van der Waals surface area (Å²) in [5.74, 6) is 0.894. The second-order valence-corrected chi connectivity index (χ2v) is 9.31. The molecule has 2 heterocycles. The van der Waals surface area contributed by atoms with E-state index >= 15 is 0 Å². The van der Waals surface area contributed by atoms with Gasteiger partial charge in [-0.25, -0.2) is 4.79 Å². The molecule has 1 saturated heterocycles. The first-order valence-electron chi connectivity index (χ1n) is 11.3. The van der Waals surface area contributed by atoms with Crippen molar-refractivity contribution in [2.45, 2.75) is 44.9 Å². The number of methoxy groups -OCH3 is 1. The van der Waals surface area contributed by atoms with Gasteiger partial charge >= 0.3 is 5.97 Å². The number of aromatic nitrogens is 1. The standard InChI is InChI=1S/C26H30N2O4/c1-15-11-24(32-2)21(19-7-9-27-25(15)19)14-28-10-8-18(20-13-23(20)29)12-22(28)16-3-5-17(6-4-16)26(30)31/h3-7,9,11,18,20,22-23,27,29H,8,10,12-14H2,1-2H3,(H,30,31)/t18-,20?,22-,23-/m0/s1. The van der Waals surface area contributed by atoms with Crippen molar-refractivity contribution in [3.05, 3.63) is 64.8 Å². The zero-order chi connectivity index (χ0) is 22.4. The Morgan fingerprint density at radius 3 is 2.62 bits per heavy atom. The highest BCUT2D eigenvalue weighted by Gasteiger charge is 2.45. The van der Waals surface area contributed by atoms with Crippen molar-refractivity contribution in [1.82, 2.24) is 9.88 Å². The maximum atomic E-state index is 11.3. The number of nitrogens with zero attached hydrogens (tertiary/aromatic N) is 1. The third-order valence-electron chi connectivity index (χ3n) is 7.40. The first-order valence-corrected chi connectivity index (χ1v) is 11.3. The third-order valence-corrected chi connectivity index (χ3v) is 7.40. The van der Waals surface area contributed by atoms with E-state index in [4.69, 9.17) is 4.74 Å². The van der Waals surface area contributed by atoms with E-state index in [9.17, 15) is 15.0 Å². The minimum atomic E-state index is -0.907. The smallest absolute Gasteiger partial charge is 0.335 e. The number of rotatable bonds is 6. The number of benzene rings is 2. The van der Waals surface area contributed by atoms with Gasteiger partial charge in [-0.15, -0.1) is 0 Å². The molecule has 2 aromatic carbocycles. The number of hydrogen-bond donors (Lipinski definition) is 3. The number of aromatic carboxylic acids is 1. The van der Waals surface area contributed by atoms with Gasteiger partial charge in [0.2, 0.25) is 0 Å². The molecule has 3 N–H and O–H groups in total. The van der Waals surface area contributed by atoms with E-state index in [-0.39, 0.29) is 12.1 Å². The van der Waals surface area contributed by atoms with Crippen LogP contribution in [-0.2, 0) is 6.54 Å². The second kappa shape index (κ2) is 8.26. The lowest BCUT2D eigenvalue weighted by molar-refractivity contribution is 0.0696. The van der Waals surface area contributed by atoms with Crippen LogP contribution in [0.5, 0.6) is 5.75 Å². The zero-order valence-corrected chi connectivity index (χ0v) is 18.5. The minimum absolute atomic E-state index is 0.154. The molecule has 1 aliphatic carbocycles. The molecule has 168 valence electrons. The number of nitrogens with one attached hydrogen (secondary N) is 1. The molecular formula is C26H30N2O4. The van der Waals surface area contributed by atoms with Crippen LogP contribution in [0.4, 0.5) is 0 Å². The van der Waals surface area contributed by atoms with E-state index < -0.39 is 5.97 Å². The number of piperidine rings is 1. The van der Waals surface area contributed by atoms with Crippen LogP contribution in [0, 0.1) is 18.8 Å². The molecule has 6 heteroatoms. The molecule has 1 aliphatic heterocycles. The number of fused-ring (bicyclic) bond motifs is 1. The summed E-state index contributed by atoms with van der Waals surface area (Å²) < 4.78 is 5.77. The van der Waals surface area contributed by atoms with Crippen molar-refractivity contribution in [3.63, 3.8) is 0 Å². The van der Waals surface area contributed by atoms with Crippen molar-refractivity contribution < 1.29 is 19.7 Å². The van der Waals surface area contributed by atoms with Crippen molar-refractivity contribution in [2.75, 3.05) is 13.7 Å². The third kappa shape index (κ3) is 3.78. The number of aliphatic hydroxyl groups excluding tert-OH is 1. The van der Waals surface area contributed by atoms with Crippen LogP contribution in [0.1, 0.15) is 52.4 Å². The Balaban J connectivity index is 1.49. The monoisotopic (exact) mass is 434 g/mol. The Kier molecular flexibility index (Phi) is 5.43. The van der Waals surface area contributed by atoms with Gasteiger partial charge in [-0.05, 0) is 80.0 Å². The number of aliphatic hydroxyl groups is 1. The van der Waals surface area contributed by atoms with Gasteiger partial charge in [0.1, 0.15) is 5.75 Å². The number of aryl methyl sites for hydroxylation is 1. The van der Waals surface area contributed by atoms with Crippen LogP contribution in [0.2, 0.25) is 0 Å². The summed E-state index contributed by atoms with van der Waals surface area (Å²) in [4.78, 5) is 17.2. The largest absolute Gasteiger partial charge is 0.496 e. The lowest BCUT2D eigenvalue weighted by Crippen LogP contribution is -2.37. The highest BCUT2D eigenvalue weighted by molar-refractivity contribution is 5.88. The normalized spacial score (nSPS) is 25.7. The van der Waals surface area contributed by atoms with Crippen LogP contribution >= 0.6 is 0 Å². The summed E-state index contributed by atoms with van der Waals surface area (Å²) in [6, 6.07) is 11.7. The van der Waals surface area contributed by atoms with Gasteiger partial charge in [0.05, 0.1) is 18.8 Å². The van der Waals surface area contributed by atoms with E-state index in [1.54, 1.807) is 19.2 Å². The number of carboxylic acid groups (broad SMARTS) is 1. The van der Waals surface area contributed by atoms with Gasteiger partial charge in [0.25, 0.3) is 0 Å². The number of carbonyl (C=O) groups is 1. The molecule has 4 atom stereocenters. The lowest BCUT2D eigenvalue weighted by Gasteiger charge is -2.40. The Labute approximate surface area is 187 Å². The highest BCUT2D eigenvalue weighted by Crippen LogP contribution is 2.47. The molecule has 0 spiro atoms. The summed E-state index contributed by atoms with van der Waals surface area (Å²) in [5, 5.41) is 20.5. The van der Waals surface area contributed by atoms with Crippen LogP contribution in [0.3, 0.4) is 0 Å². The van der Waals surface area contributed by atoms with Crippen molar-refractivity contribution in [3.8, 4) is 5.75 Å². The van der Waals surface area contributed by atoms with Gasteiger partial charge in [-0.1, -0.05) is 12.1 Å². The predicted octanol–water partition coefficient (Wildman–Crippen LogP) is 4.52. The van der Waals surface area contributed by atoms with Crippen LogP contribution in [0.15, 0.2) is 42.6 Å². The Morgan fingerprint density at radius 2 is 1.97 bits per heavy atom. The van der Waals surface area contributed by atoms with Crippen LogP contribution in [0.25, 0.3) is 10.9 Å². The van der Waals surface area contributed by atoms with E-state index in [1.807, 2.05) is 18.3 Å². The molecule has 1 aromatic heterocycles. The van der Waals surface area contributed by atoms with Gasteiger partial charge in [-0.2, -0.15) is 0 Å². The topological polar surface area (TPSA) is 85.8 Å². The fourth-order valence-electron chi connectivity index (χ4n) is 5.51. The number of carboxylic acids is 1. The fourth-order valence-corrected chi connectivity index (χ4v) is 5.51. The molecule has 1 unspecified atom stereocenters. The molecule has 32 heavy (non-hydrogen) atoms. The van der Waals surface area contributed by atoms with Crippen LogP contribution in [-0.4, -0.2) is 45.8 Å². The lowest BCUT2D eigenvalue weighted by atomic mass is 9.83. The van der Waals surface area contributed by atoms with Crippen molar-refractivity contribution in [2.24, 2.45) is 11.8 Å². The Bertz CT molecular complexity index is 1140. The number of hydrogen-bond acceptors (Lipinski definition) is 4. The van der Waals surface area contributed by atoms with E-state index in [0.29, 0.717) is 17.4 Å². The summed E-state index contributed by atoms with van der Waals surface area (Å²) >= 11 is 0. The van der Waals surface area contributed by atoms with Crippen LogP contribution < -0.4 is 4.74 Å². The predicted molar refractivity (Wildman–Crippen MR) is 123 cm³/mol. The van der Waals surface area contributed by atoms with Gasteiger partial charge in [0.15, 0.2) is 0 Å². The maximum Gasteiger partial charge on any atom is 0.335 e. The first kappa shape index (κ1) is 21.0. The number of H-pyrrole nitrogens is 1. The molecule has 0 amide bonds. The SMILES string of the molecule is COc1cc(C)c2[nH]ccc2c1CN1CC[C@H](C2C[C@@H]2O)C[C@H]1c1ccc(C(=O)O)cc1. The van der Waals surface area contributed by atoms with Gasteiger partial charge in [-0.3, -0.25) is 4.90 Å². The first-order chi connectivity index (χ1) is 15.5.